The SMILES string of the molecule is Cc1c(CC(C)C(C)(C)C)nn(-c2ccccc2)c1N. The zero-order valence-corrected chi connectivity index (χ0v) is 13.1. The van der Waals surface area contributed by atoms with Crippen LogP contribution in [0.1, 0.15) is 39.0 Å². The molecule has 0 fully saturated rings. The van der Waals surface area contributed by atoms with Crippen LogP contribution in [0.15, 0.2) is 30.3 Å². The van der Waals surface area contributed by atoms with Crippen LogP contribution in [0.4, 0.5) is 5.82 Å². The monoisotopic (exact) mass is 271 g/mol. The highest BCUT2D eigenvalue weighted by Gasteiger charge is 2.23. The first-order valence-electron chi connectivity index (χ1n) is 7.20. The molecule has 0 saturated heterocycles. The van der Waals surface area contributed by atoms with Crippen molar-refractivity contribution in [3.63, 3.8) is 0 Å². The smallest absolute Gasteiger partial charge is 0.130 e. The lowest BCUT2D eigenvalue weighted by Gasteiger charge is -2.26. The van der Waals surface area contributed by atoms with Crippen molar-refractivity contribution in [2.45, 2.75) is 41.0 Å². The van der Waals surface area contributed by atoms with Gasteiger partial charge in [0.1, 0.15) is 5.82 Å². The van der Waals surface area contributed by atoms with Gasteiger partial charge >= 0.3 is 0 Å². The topological polar surface area (TPSA) is 43.8 Å². The second kappa shape index (κ2) is 5.31. The van der Waals surface area contributed by atoms with E-state index in [4.69, 9.17) is 10.8 Å². The lowest BCUT2D eigenvalue weighted by molar-refractivity contribution is 0.258. The molecule has 1 aromatic heterocycles. The van der Waals surface area contributed by atoms with E-state index in [2.05, 4.69) is 34.6 Å². The molecule has 1 aromatic carbocycles. The Kier molecular flexibility index (Phi) is 3.89. The van der Waals surface area contributed by atoms with Crippen LogP contribution < -0.4 is 5.73 Å². The minimum Gasteiger partial charge on any atom is -0.383 e. The molecule has 0 saturated carbocycles. The van der Waals surface area contributed by atoms with E-state index in [-0.39, 0.29) is 5.41 Å². The summed E-state index contributed by atoms with van der Waals surface area (Å²) in [4.78, 5) is 0. The fraction of sp³-hybridized carbons (Fsp3) is 0.471. The van der Waals surface area contributed by atoms with Crippen LogP contribution in [0.5, 0.6) is 0 Å². The predicted molar refractivity (Wildman–Crippen MR) is 85.0 cm³/mol. The van der Waals surface area contributed by atoms with Crippen LogP contribution in [0.25, 0.3) is 5.69 Å². The number of nitrogens with zero attached hydrogens (tertiary/aromatic N) is 2. The molecule has 1 unspecified atom stereocenters. The summed E-state index contributed by atoms with van der Waals surface area (Å²) in [5.41, 5.74) is 9.72. The Hall–Kier alpha value is -1.77. The Bertz CT molecular complexity index is 576. The molecule has 108 valence electrons. The van der Waals surface area contributed by atoms with Gasteiger partial charge in [0.15, 0.2) is 0 Å². The molecule has 2 rings (SSSR count). The van der Waals surface area contributed by atoms with E-state index in [1.54, 1.807) is 0 Å². The van der Waals surface area contributed by atoms with Gasteiger partial charge in [0.2, 0.25) is 0 Å². The van der Waals surface area contributed by atoms with E-state index in [1.807, 2.05) is 35.0 Å². The number of nitrogen functional groups attached to an aromatic ring is 1. The molecular weight excluding hydrogens is 246 g/mol. The zero-order valence-electron chi connectivity index (χ0n) is 13.1. The maximum absolute atomic E-state index is 6.22. The standard InChI is InChI=1S/C17H25N3/c1-12(17(3,4)5)11-15-13(2)16(18)20(19-15)14-9-7-6-8-10-14/h6-10,12H,11,18H2,1-5H3. The largest absolute Gasteiger partial charge is 0.383 e. The summed E-state index contributed by atoms with van der Waals surface area (Å²) < 4.78 is 1.85. The molecule has 2 N–H and O–H groups in total. The van der Waals surface area contributed by atoms with Gasteiger partial charge in [-0.1, -0.05) is 45.9 Å². The summed E-state index contributed by atoms with van der Waals surface area (Å²) in [6.07, 6.45) is 0.958. The quantitative estimate of drug-likeness (QED) is 0.917. The number of aromatic nitrogens is 2. The summed E-state index contributed by atoms with van der Waals surface area (Å²) in [5.74, 6) is 1.30. The van der Waals surface area contributed by atoms with E-state index in [0.29, 0.717) is 5.92 Å². The molecule has 0 radical (unpaired) electrons. The molecular formula is C17H25N3. The third-order valence-electron chi connectivity index (χ3n) is 4.24. The summed E-state index contributed by atoms with van der Waals surface area (Å²) >= 11 is 0. The highest BCUT2D eigenvalue weighted by molar-refractivity contribution is 5.49. The highest BCUT2D eigenvalue weighted by Crippen LogP contribution is 2.30. The van der Waals surface area contributed by atoms with E-state index in [0.717, 1.165) is 29.2 Å². The first-order valence-corrected chi connectivity index (χ1v) is 7.20. The van der Waals surface area contributed by atoms with E-state index >= 15 is 0 Å². The number of hydrogen-bond acceptors (Lipinski definition) is 2. The fourth-order valence-corrected chi connectivity index (χ4v) is 2.11. The molecule has 3 heteroatoms. The molecule has 0 aliphatic carbocycles. The number of benzene rings is 1. The van der Waals surface area contributed by atoms with Gasteiger partial charge in [-0.2, -0.15) is 5.10 Å². The first kappa shape index (κ1) is 14.6. The van der Waals surface area contributed by atoms with Crippen molar-refractivity contribution in [2.75, 3.05) is 5.73 Å². The Morgan fingerprint density at radius 2 is 1.80 bits per heavy atom. The van der Waals surface area contributed by atoms with Crippen molar-refractivity contribution in [3.8, 4) is 5.69 Å². The number of hydrogen-bond donors (Lipinski definition) is 1. The van der Waals surface area contributed by atoms with Crippen LogP contribution in [0.3, 0.4) is 0 Å². The van der Waals surface area contributed by atoms with Crippen molar-refractivity contribution in [1.29, 1.82) is 0 Å². The molecule has 0 aliphatic rings. The van der Waals surface area contributed by atoms with Crippen molar-refractivity contribution >= 4 is 5.82 Å². The molecule has 0 amide bonds. The van der Waals surface area contributed by atoms with Crippen LogP contribution in [-0.2, 0) is 6.42 Å². The molecule has 2 aromatic rings. The van der Waals surface area contributed by atoms with Crippen molar-refractivity contribution < 1.29 is 0 Å². The van der Waals surface area contributed by atoms with Gasteiger partial charge in [-0.25, -0.2) is 4.68 Å². The molecule has 1 atom stereocenters. The van der Waals surface area contributed by atoms with Crippen LogP contribution >= 0.6 is 0 Å². The van der Waals surface area contributed by atoms with Crippen LogP contribution in [0, 0.1) is 18.3 Å². The maximum atomic E-state index is 6.22. The van der Waals surface area contributed by atoms with Gasteiger partial charge in [-0.05, 0) is 36.8 Å². The van der Waals surface area contributed by atoms with Crippen molar-refractivity contribution in [2.24, 2.45) is 11.3 Å². The number of nitrogens with two attached hydrogens (primary N) is 1. The van der Waals surface area contributed by atoms with E-state index in [1.165, 1.54) is 0 Å². The predicted octanol–water partition coefficient (Wildman–Crippen LogP) is 3.99. The van der Waals surface area contributed by atoms with Gasteiger partial charge in [0, 0.05) is 5.56 Å². The van der Waals surface area contributed by atoms with E-state index in [9.17, 15) is 0 Å². The van der Waals surface area contributed by atoms with E-state index < -0.39 is 0 Å². The molecule has 20 heavy (non-hydrogen) atoms. The number of anilines is 1. The second-order valence-electron chi connectivity index (χ2n) is 6.68. The zero-order chi connectivity index (χ0) is 14.9. The Morgan fingerprint density at radius 3 is 2.35 bits per heavy atom. The van der Waals surface area contributed by atoms with Gasteiger partial charge in [-0.3, -0.25) is 0 Å². The van der Waals surface area contributed by atoms with Gasteiger partial charge < -0.3 is 5.73 Å². The average molecular weight is 271 g/mol. The minimum absolute atomic E-state index is 0.276. The maximum Gasteiger partial charge on any atom is 0.130 e. The lowest BCUT2D eigenvalue weighted by atomic mass is 9.79. The van der Waals surface area contributed by atoms with Gasteiger partial charge in [-0.15, -0.1) is 0 Å². The summed E-state index contributed by atoms with van der Waals surface area (Å²) in [7, 11) is 0. The normalized spacial score (nSPS) is 13.4. The lowest BCUT2D eigenvalue weighted by Crippen LogP contribution is -2.20. The summed E-state index contributed by atoms with van der Waals surface area (Å²) in [5, 5.41) is 4.72. The number of para-hydroxylation sites is 1. The molecule has 0 spiro atoms. The molecule has 1 heterocycles. The average Bonchev–Trinajstić information content (AvgIpc) is 2.67. The Labute approximate surface area is 121 Å². The fourth-order valence-electron chi connectivity index (χ4n) is 2.11. The Balaban J connectivity index is 2.34. The van der Waals surface area contributed by atoms with Crippen molar-refractivity contribution in [1.82, 2.24) is 9.78 Å². The minimum atomic E-state index is 0.276. The summed E-state index contributed by atoms with van der Waals surface area (Å²) in [6.45, 7) is 11.1. The van der Waals surface area contributed by atoms with Gasteiger partial charge in [0.05, 0.1) is 11.4 Å². The van der Waals surface area contributed by atoms with Crippen LogP contribution in [0.2, 0.25) is 0 Å². The summed E-state index contributed by atoms with van der Waals surface area (Å²) in [6, 6.07) is 10.1. The second-order valence-corrected chi connectivity index (χ2v) is 6.68. The van der Waals surface area contributed by atoms with Crippen molar-refractivity contribution in [3.05, 3.63) is 41.6 Å². The third-order valence-corrected chi connectivity index (χ3v) is 4.24. The first-order chi connectivity index (χ1) is 9.30. The van der Waals surface area contributed by atoms with Gasteiger partial charge in [0.25, 0.3) is 0 Å². The molecule has 0 aliphatic heterocycles. The van der Waals surface area contributed by atoms with Crippen LogP contribution in [-0.4, -0.2) is 9.78 Å². The molecule has 0 bridgehead atoms. The Morgan fingerprint density at radius 1 is 1.20 bits per heavy atom. The number of rotatable bonds is 3. The molecule has 3 nitrogen and oxygen atoms in total. The third kappa shape index (κ3) is 2.87. The highest BCUT2D eigenvalue weighted by atomic mass is 15.3.